The van der Waals surface area contributed by atoms with Crippen molar-refractivity contribution < 1.29 is 9.59 Å². The van der Waals surface area contributed by atoms with Crippen LogP contribution in [0.5, 0.6) is 0 Å². The Kier molecular flexibility index (Phi) is 5.69. The molecule has 0 radical (unpaired) electrons. The Morgan fingerprint density at radius 3 is 2.48 bits per heavy atom. The summed E-state index contributed by atoms with van der Waals surface area (Å²) in [5, 5.41) is 5.75. The van der Waals surface area contributed by atoms with E-state index < -0.39 is 0 Å². The van der Waals surface area contributed by atoms with Crippen LogP contribution in [-0.4, -0.2) is 30.4 Å². The van der Waals surface area contributed by atoms with Crippen molar-refractivity contribution in [1.29, 1.82) is 0 Å². The first-order valence-electron chi connectivity index (χ1n) is 7.01. The quantitative estimate of drug-likeness (QED) is 0.691. The zero-order valence-electron chi connectivity index (χ0n) is 13.1. The second-order valence-corrected chi connectivity index (χ2v) is 5.95. The highest BCUT2D eigenvalue weighted by Gasteiger charge is 2.19. The summed E-state index contributed by atoms with van der Waals surface area (Å²) >= 11 is 0. The molecule has 116 valence electrons. The topological polar surface area (TPSA) is 97.1 Å². The normalized spacial score (nSPS) is 11.0. The maximum absolute atomic E-state index is 12.2. The van der Waals surface area contributed by atoms with Crippen LogP contribution >= 0.6 is 0 Å². The van der Waals surface area contributed by atoms with Crippen LogP contribution in [0.25, 0.3) is 0 Å². The molecule has 2 amide bonds. The fourth-order valence-electron chi connectivity index (χ4n) is 1.74. The van der Waals surface area contributed by atoms with Crippen LogP contribution in [0.4, 0.5) is 5.82 Å². The van der Waals surface area contributed by atoms with Crippen molar-refractivity contribution in [2.75, 3.05) is 18.9 Å². The summed E-state index contributed by atoms with van der Waals surface area (Å²) in [7, 11) is 1.77. The number of amides is 2. The molecule has 1 rings (SSSR count). The SMILES string of the molecule is CNc1cc(C(=O)NCCCC(N)=O)cc(C(C)(C)C)n1. The van der Waals surface area contributed by atoms with Crippen LogP contribution in [0.15, 0.2) is 12.1 Å². The Hall–Kier alpha value is -2.11. The number of nitrogens with zero attached hydrogens (tertiary/aromatic N) is 1. The highest BCUT2D eigenvalue weighted by atomic mass is 16.2. The molecule has 0 saturated carbocycles. The lowest BCUT2D eigenvalue weighted by atomic mass is 9.90. The number of nitrogens with one attached hydrogen (secondary N) is 2. The van der Waals surface area contributed by atoms with Crippen molar-refractivity contribution in [3.8, 4) is 0 Å². The maximum atomic E-state index is 12.2. The van der Waals surface area contributed by atoms with E-state index in [1.165, 1.54) is 0 Å². The summed E-state index contributed by atoms with van der Waals surface area (Å²) in [6.07, 6.45) is 0.808. The number of aromatic nitrogens is 1. The van der Waals surface area contributed by atoms with Crippen LogP contribution in [-0.2, 0) is 10.2 Å². The van der Waals surface area contributed by atoms with Gasteiger partial charge in [-0.2, -0.15) is 0 Å². The molecular formula is C15H24N4O2. The molecule has 0 saturated heterocycles. The Morgan fingerprint density at radius 2 is 1.95 bits per heavy atom. The van der Waals surface area contributed by atoms with Gasteiger partial charge in [0.15, 0.2) is 0 Å². The number of hydrogen-bond acceptors (Lipinski definition) is 4. The molecule has 4 N–H and O–H groups in total. The molecule has 0 spiro atoms. The fourth-order valence-corrected chi connectivity index (χ4v) is 1.74. The molecule has 6 heteroatoms. The summed E-state index contributed by atoms with van der Waals surface area (Å²) in [5.41, 5.74) is 6.31. The van der Waals surface area contributed by atoms with E-state index in [0.717, 1.165) is 5.69 Å². The van der Waals surface area contributed by atoms with Gasteiger partial charge < -0.3 is 16.4 Å². The Balaban J connectivity index is 2.81. The Bertz CT molecular complexity index is 521. The first kappa shape index (κ1) is 16.9. The third-order valence-electron chi connectivity index (χ3n) is 3.00. The third kappa shape index (κ3) is 5.41. The molecule has 0 aliphatic rings. The van der Waals surface area contributed by atoms with Crippen LogP contribution in [0, 0.1) is 0 Å². The van der Waals surface area contributed by atoms with Gasteiger partial charge in [0.25, 0.3) is 5.91 Å². The molecule has 0 atom stereocenters. The zero-order chi connectivity index (χ0) is 16.0. The maximum Gasteiger partial charge on any atom is 0.251 e. The molecule has 0 aliphatic heterocycles. The van der Waals surface area contributed by atoms with E-state index in [-0.39, 0.29) is 23.7 Å². The van der Waals surface area contributed by atoms with Gasteiger partial charge in [0, 0.05) is 36.7 Å². The first-order chi connectivity index (χ1) is 9.74. The van der Waals surface area contributed by atoms with E-state index in [2.05, 4.69) is 15.6 Å². The van der Waals surface area contributed by atoms with Gasteiger partial charge >= 0.3 is 0 Å². The summed E-state index contributed by atoms with van der Waals surface area (Å²) in [6, 6.07) is 3.50. The lowest BCUT2D eigenvalue weighted by Gasteiger charge is -2.19. The van der Waals surface area contributed by atoms with Gasteiger partial charge in [-0.15, -0.1) is 0 Å². The van der Waals surface area contributed by atoms with E-state index in [1.807, 2.05) is 20.8 Å². The van der Waals surface area contributed by atoms with E-state index in [1.54, 1.807) is 19.2 Å². The van der Waals surface area contributed by atoms with E-state index in [0.29, 0.717) is 24.3 Å². The van der Waals surface area contributed by atoms with Gasteiger partial charge in [-0.05, 0) is 18.6 Å². The van der Waals surface area contributed by atoms with Crippen molar-refractivity contribution in [2.45, 2.75) is 39.0 Å². The Labute approximate surface area is 125 Å². The predicted octanol–water partition coefficient (Wildman–Crippen LogP) is 1.42. The minimum Gasteiger partial charge on any atom is -0.373 e. The molecule has 0 bridgehead atoms. The molecular weight excluding hydrogens is 268 g/mol. The molecule has 6 nitrogen and oxygen atoms in total. The molecule has 21 heavy (non-hydrogen) atoms. The molecule has 1 aromatic rings. The zero-order valence-corrected chi connectivity index (χ0v) is 13.1. The number of carbonyl (C=O) groups is 2. The minimum atomic E-state index is -0.361. The number of hydrogen-bond donors (Lipinski definition) is 3. The number of carbonyl (C=O) groups excluding carboxylic acids is 2. The van der Waals surface area contributed by atoms with Crippen molar-refractivity contribution >= 4 is 17.6 Å². The number of anilines is 1. The van der Waals surface area contributed by atoms with Crippen molar-refractivity contribution in [3.63, 3.8) is 0 Å². The molecule has 0 aliphatic carbocycles. The van der Waals surface area contributed by atoms with Gasteiger partial charge in [0.2, 0.25) is 5.91 Å². The van der Waals surface area contributed by atoms with Crippen LogP contribution in [0.1, 0.15) is 49.7 Å². The minimum absolute atomic E-state index is 0.145. The van der Waals surface area contributed by atoms with Crippen molar-refractivity contribution in [1.82, 2.24) is 10.3 Å². The third-order valence-corrected chi connectivity index (χ3v) is 3.00. The van der Waals surface area contributed by atoms with E-state index >= 15 is 0 Å². The molecule has 0 fully saturated rings. The second kappa shape index (κ2) is 7.06. The predicted molar refractivity (Wildman–Crippen MR) is 83.2 cm³/mol. The average molecular weight is 292 g/mol. The van der Waals surface area contributed by atoms with Crippen LogP contribution in [0.3, 0.4) is 0 Å². The van der Waals surface area contributed by atoms with Crippen LogP contribution in [0.2, 0.25) is 0 Å². The number of rotatable bonds is 6. The van der Waals surface area contributed by atoms with Gasteiger partial charge in [-0.1, -0.05) is 20.8 Å². The first-order valence-corrected chi connectivity index (χ1v) is 7.01. The largest absolute Gasteiger partial charge is 0.373 e. The lowest BCUT2D eigenvalue weighted by Crippen LogP contribution is -2.26. The molecule has 0 aromatic carbocycles. The van der Waals surface area contributed by atoms with Gasteiger partial charge in [-0.3, -0.25) is 9.59 Å². The summed E-state index contributed by atoms with van der Waals surface area (Å²) in [6.45, 7) is 6.56. The number of pyridine rings is 1. The van der Waals surface area contributed by atoms with Crippen LogP contribution < -0.4 is 16.4 Å². The summed E-state index contributed by atoms with van der Waals surface area (Å²) < 4.78 is 0. The van der Waals surface area contributed by atoms with Crippen molar-refractivity contribution in [3.05, 3.63) is 23.4 Å². The number of primary amides is 1. The summed E-state index contributed by atoms with van der Waals surface area (Å²) in [5.74, 6) is 0.120. The second-order valence-electron chi connectivity index (χ2n) is 5.95. The average Bonchev–Trinajstić information content (AvgIpc) is 2.41. The highest BCUT2D eigenvalue weighted by Crippen LogP contribution is 2.23. The van der Waals surface area contributed by atoms with Gasteiger partial charge in [-0.25, -0.2) is 4.98 Å². The van der Waals surface area contributed by atoms with Crippen molar-refractivity contribution in [2.24, 2.45) is 5.73 Å². The molecule has 1 heterocycles. The van der Waals surface area contributed by atoms with Gasteiger partial charge in [0.1, 0.15) is 5.82 Å². The fraction of sp³-hybridized carbons (Fsp3) is 0.533. The number of nitrogens with two attached hydrogens (primary N) is 1. The van der Waals surface area contributed by atoms with E-state index in [4.69, 9.17) is 5.73 Å². The monoisotopic (exact) mass is 292 g/mol. The molecule has 1 aromatic heterocycles. The summed E-state index contributed by atoms with van der Waals surface area (Å²) in [4.78, 5) is 27.3. The lowest BCUT2D eigenvalue weighted by molar-refractivity contribution is -0.118. The van der Waals surface area contributed by atoms with E-state index in [9.17, 15) is 9.59 Å². The Morgan fingerprint density at radius 1 is 1.29 bits per heavy atom. The smallest absolute Gasteiger partial charge is 0.251 e. The standard InChI is InChI=1S/C15H24N4O2/c1-15(2,3)11-8-10(9-13(17-4)19-11)14(21)18-7-5-6-12(16)20/h8-9H,5-7H2,1-4H3,(H2,16,20)(H,17,19)(H,18,21). The highest BCUT2D eigenvalue weighted by molar-refractivity contribution is 5.95. The van der Waals surface area contributed by atoms with Gasteiger partial charge in [0.05, 0.1) is 0 Å². The molecule has 0 unspecified atom stereocenters.